The summed E-state index contributed by atoms with van der Waals surface area (Å²) >= 11 is 0. The first kappa shape index (κ1) is 22.9. The minimum Gasteiger partial charge on any atom is -0.357 e. The van der Waals surface area contributed by atoms with Crippen LogP contribution in [0.15, 0.2) is 4.99 Å². The van der Waals surface area contributed by atoms with Gasteiger partial charge in [-0.05, 0) is 33.1 Å². The number of halogens is 1. The molecule has 0 bridgehead atoms. The first-order valence-corrected chi connectivity index (χ1v) is 10.1. The second-order valence-corrected chi connectivity index (χ2v) is 8.18. The molecule has 0 atom stereocenters. The molecule has 0 aliphatic heterocycles. The fourth-order valence-corrected chi connectivity index (χ4v) is 3.45. The average molecular weight is 460 g/mol. The van der Waals surface area contributed by atoms with Gasteiger partial charge in [0, 0.05) is 32.7 Å². The number of nitrogens with one attached hydrogen (secondary N) is 2. The Hall–Kier alpha value is -0.0900. The van der Waals surface area contributed by atoms with E-state index < -0.39 is 10.0 Å². The van der Waals surface area contributed by atoms with Crippen LogP contribution >= 0.6 is 24.0 Å². The van der Waals surface area contributed by atoms with Crippen molar-refractivity contribution in [2.45, 2.75) is 58.4 Å². The molecule has 0 amide bonds. The lowest BCUT2D eigenvalue weighted by Crippen LogP contribution is -2.44. The standard InChI is InChI=1S/C15H32N4O2S.HI/c1-4-16-15(18-14-10-7-6-8-11-14)17-12-9-13-19(3)22(20,21)5-2;/h14H,4-13H2,1-3H3,(H2,16,17,18);1H. The van der Waals surface area contributed by atoms with Crippen LogP contribution in [-0.4, -0.2) is 57.2 Å². The highest BCUT2D eigenvalue weighted by Crippen LogP contribution is 2.17. The third kappa shape index (κ3) is 9.09. The molecule has 0 spiro atoms. The van der Waals surface area contributed by atoms with Crippen LogP contribution in [0, 0.1) is 0 Å². The molecule has 1 aliphatic carbocycles. The second kappa shape index (κ2) is 12.3. The number of rotatable bonds is 8. The Morgan fingerprint density at radius 2 is 1.87 bits per heavy atom. The van der Waals surface area contributed by atoms with E-state index in [-0.39, 0.29) is 29.7 Å². The normalized spacial score (nSPS) is 17.0. The molecule has 0 aromatic carbocycles. The van der Waals surface area contributed by atoms with Crippen molar-refractivity contribution >= 4 is 40.0 Å². The molecular formula is C15H33IN4O2S. The second-order valence-electron chi connectivity index (χ2n) is 5.82. The Balaban J connectivity index is 0.00000484. The van der Waals surface area contributed by atoms with Gasteiger partial charge in [-0.3, -0.25) is 4.99 Å². The van der Waals surface area contributed by atoms with Crippen LogP contribution in [-0.2, 0) is 10.0 Å². The van der Waals surface area contributed by atoms with Gasteiger partial charge in [0.2, 0.25) is 10.0 Å². The van der Waals surface area contributed by atoms with Crippen LogP contribution < -0.4 is 10.6 Å². The van der Waals surface area contributed by atoms with Gasteiger partial charge in [0.25, 0.3) is 0 Å². The molecule has 0 radical (unpaired) electrons. The zero-order valence-corrected chi connectivity index (χ0v) is 17.8. The van der Waals surface area contributed by atoms with Crippen LogP contribution in [0.2, 0.25) is 0 Å². The lowest BCUT2D eigenvalue weighted by molar-refractivity contribution is 0.410. The van der Waals surface area contributed by atoms with Crippen LogP contribution in [0.1, 0.15) is 52.4 Å². The number of aliphatic imine (C=N–C) groups is 1. The van der Waals surface area contributed by atoms with E-state index in [0.717, 1.165) is 18.9 Å². The molecule has 0 saturated heterocycles. The zero-order chi connectivity index (χ0) is 16.4. The molecule has 0 unspecified atom stereocenters. The number of hydrogen-bond acceptors (Lipinski definition) is 3. The van der Waals surface area contributed by atoms with Crippen molar-refractivity contribution in [2.75, 3.05) is 32.4 Å². The van der Waals surface area contributed by atoms with E-state index >= 15 is 0 Å². The van der Waals surface area contributed by atoms with Gasteiger partial charge in [0.1, 0.15) is 0 Å². The summed E-state index contributed by atoms with van der Waals surface area (Å²) in [4.78, 5) is 4.56. The van der Waals surface area contributed by atoms with E-state index in [1.165, 1.54) is 36.4 Å². The average Bonchev–Trinajstić information content (AvgIpc) is 2.52. The van der Waals surface area contributed by atoms with Crippen LogP contribution in [0.5, 0.6) is 0 Å². The molecule has 1 rings (SSSR count). The molecule has 0 heterocycles. The van der Waals surface area contributed by atoms with Crippen molar-refractivity contribution in [3.8, 4) is 0 Å². The van der Waals surface area contributed by atoms with Gasteiger partial charge >= 0.3 is 0 Å². The molecular weight excluding hydrogens is 427 g/mol. The van der Waals surface area contributed by atoms with Crippen molar-refractivity contribution < 1.29 is 8.42 Å². The molecule has 2 N–H and O–H groups in total. The summed E-state index contributed by atoms with van der Waals surface area (Å²) in [7, 11) is -1.45. The van der Waals surface area contributed by atoms with E-state index in [4.69, 9.17) is 0 Å². The molecule has 138 valence electrons. The fraction of sp³-hybridized carbons (Fsp3) is 0.933. The third-order valence-electron chi connectivity index (χ3n) is 4.03. The van der Waals surface area contributed by atoms with Gasteiger partial charge in [0.05, 0.1) is 5.75 Å². The SMILES string of the molecule is CCNC(=NCCCN(C)S(=O)(=O)CC)NC1CCCCC1.I. The van der Waals surface area contributed by atoms with Crippen LogP contribution in [0.4, 0.5) is 0 Å². The van der Waals surface area contributed by atoms with Crippen LogP contribution in [0.25, 0.3) is 0 Å². The fourth-order valence-electron chi connectivity index (χ4n) is 2.60. The van der Waals surface area contributed by atoms with Crippen molar-refractivity contribution in [3.63, 3.8) is 0 Å². The minimum atomic E-state index is -3.08. The summed E-state index contributed by atoms with van der Waals surface area (Å²) in [6.45, 7) is 5.71. The number of sulfonamides is 1. The smallest absolute Gasteiger partial charge is 0.213 e. The Kier molecular flexibility index (Phi) is 12.2. The Morgan fingerprint density at radius 3 is 2.43 bits per heavy atom. The maximum Gasteiger partial charge on any atom is 0.213 e. The van der Waals surface area contributed by atoms with Gasteiger partial charge < -0.3 is 10.6 Å². The molecule has 1 saturated carbocycles. The van der Waals surface area contributed by atoms with E-state index in [1.54, 1.807) is 14.0 Å². The highest BCUT2D eigenvalue weighted by Gasteiger charge is 2.15. The quantitative estimate of drug-likeness (QED) is 0.252. The Labute approximate surface area is 159 Å². The van der Waals surface area contributed by atoms with E-state index in [2.05, 4.69) is 22.5 Å². The number of guanidine groups is 1. The van der Waals surface area contributed by atoms with Crippen molar-refractivity contribution in [3.05, 3.63) is 0 Å². The van der Waals surface area contributed by atoms with Gasteiger partial charge in [-0.1, -0.05) is 19.3 Å². The molecule has 0 aromatic rings. The summed E-state index contributed by atoms with van der Waals surface area (Å²) in [6.07, 6.45) is 7.07. The maximum absolute atomic E-state index is 11.7. The molecule has 1 aliphatic rings. The first-order valence-electron chi connectivity index (χ1n) is 8.48. The van der Waals surface area contributed by atoms with Gasteiger partial charge in [-0.15, -0.1) is 24.0 Å². The monoisotopic (exact) mass is 460 g/mol. The molecule has 8 heteroatoms. The topological polar surface area (TPSA) is 73.8 Å². The zero-order valence-electron chi connectivity index (χ0n) is 14.7. The van der Waals surface area contributed by atoms with Gasteiger partial charge in [-0.25, -0.2) is 12.7 Å². The van der Waals surface area contributed by atoms with E-state index in [9.17, 15) is 8.42 Å². The molecule has 23 heavy (non-hydrogen) atoms. The summed E-state index contributed by atoms with van der Waals surface area (Å²) in [5.41, 5.74) is 0. The summed E-state index contributed by atoms with van der Waals surface area (Å²) in [5, 5.41) is 6.76. The maximum atomic E-state index is 11.7. The third-order valence-corrected chi connectivity index (χ3v) is 5.89. The first-order chi connectivity index (χ1) is 10.5. The minimum absolute atomic E-state index is 0. The predicted octanol–water partition coefficient (Wildman–Crippen LogP) is 2.16. The van der Waals surface area contributed by atoms with Crippen molar-refractivity contribution in [1.82, 2.24) is 14.9 Å². The summed E-state index contributed by atoms with van der Waals surface area (Å²) in [5.74, 6) is 1.01. The molecule has 1 fully saturated rings. The molecule has 6 nitrogen and oxygen atoms in total. The highest BCUT2D eigenvalue weighted by molar-refractivity contribution is 14.0. The van der Waals surface area contributed by atoms with Crippen molar-refractivity contribution in [1.29, 1.82) is 0 Å². The van der Waals surface area contributed by atoms with Gasteiger partial charge in [0.15, 0.2) is 5.96 Å². The lowest BCUT2D eigenvalue weighted by atomic mass is 9.96. The summed E-state index contributed by atoms with van der Waals surface area (Å²) < 4.78 is 24.7. The molecule has 0 aromatic heterocycles. The lowest BCUT2D eigenvalue weighted by Gasteiger charge is -2.25. The predicted molar refractivity (Wildman–Crippen MR) is 108 cm³/mol. The van der Waals surface area contributed by atoms with E-state index in [1.807, 2.05) is 0 Å². The largest absolute Gasteiger partial charge is 0.357 e. The van der Waals surface area contributed by atoms with E-state index in [0.29, 0.717) is 19.1 Å². The highest BCUT2D eigenvalue weighted by atomic mass is 127. The number of hydrogen-bond donors (Lipinski definition) is 2. The Bertz CT molecular complexity index is 437. The number of nitrogens with zero attached hydrogens (tertiary/aromatic N) is 2. The Morgan fingerprint density at radius 1 is 1.22 bits per heavy atom. The van der Waals surface area contributed by atoms with Crippen molar-refractivity contribution in [2.24, 2.45) is 4.99 Å². The van der Waals surface area contributed by atoms with Gasteiger partial charge in [-0.2, -0.15) is 0 Å². The van der Waals surface area contributed by atoms with Crippen LogP contribution in [0.3, 0.4) is 0 Å². The summed E-state index contributed by atoms with van der Waals surface area (Å²) in [6, 6.07) is 0.523.